The molecule has 118 valence electrons. The summed E-state index contributed by atoms with van der Waals surface area (Å²) in [5.41, 5.74) is 1.37. The van der Waals surface area contributed by atoms with Crippen LogP contribution in [0, 0.1) is 5.92 Å². The summed E-state index contributed by atoms with van der Waals surface area (Å²) < 4.78 is 5.78. The van der Waals surface area contributed by atoms with Gasteiger partial charge in [0.05, 0.1) is 17.3 Å². The summed E-state index contributed by atoms with van der Waals surface area (Å²) in [6, 6.07) is 12.7. The number of carbonyl (C=O) groups is 2. The predicted molar refractivity (Wildman–Crippen MR) is 83.1 cm³/mol. The van der Waals surface area contributed by atoms with Crippen molar-refractivity contribution in [2.75, 3.05) is 11.4 Å². The molecule has 1 atom stereocenters. The molecule has 3 rings (SSSR count). The molecular formula is C17H16N2O4. The molecular weight excluding hydrogens is 296 g/mol. The first kappa shape index (κ1) is 15.0. The fraction of sp³-hybridized carbons (Fsp3) is 0.235. The van der Waals surface area contributed by atoms with Gasteiger partial charge in [-0.05, 0) is 24.3 Å². The molecule has 23 heavy (non-hydrogen) atoms. The van der Waals surface area contributed by atoms with Crippen LogP contribution in [0.1, 0.15) is 12.1 Å². The number of para-hydroxylation sites is 2. The fourth-order valence-electron chi connectivity index (χ4n) is 2.54. The van der Waals surface area contributed by atoms with Crippen LogP contribution in [0.4, 0.5) is 5.69 Å². The largest absolute Gasteiger partial charge is 0.485 e. The summed E-state index contributed by atoms with van der Waals surface area (Å²) in [6.45, 7) is 0.445. The van der Waals surface area contributed by atoms with Crippen molar-refractivity contribution in [3.63, 3.8) is 0 Å². The number of hydrogen-bond donors (Lipinski definition) is 1. The molecule has 1 unspecified atom stereocenters. The molecule has 1 N–H and O–H groups in total. The number of carboxylic acids is 1. The summed E-state index contributed by atoms with van der Waals surface area (Å²) in [4.78, 5) is 28.9. The molecule has 1 fully saturated rings. The molecule has 0 aliphatic carbocycles. The van der Waals surface area contributed by atoms with Gasteiger partial charge < -0.3 is 14.7 Å². The highest BCUT2D eigenvalue weighted by atomic mass is 16.5. The molecule has 1 aliphatic rings. The van der Waals surface area contributed by atoms with E-state index in [1.165, 1.54) is 4.90 Å². The maximum atomic E-state index is 12.1. The number of amides is 1. The Hall–Kier alpha value is -2.89. The second-order valence-electron chi connectivity index (χ2n) is 5.32. The van der Waals surface area contributed by atoms with Gasteiger partial charge in [-0.3, -0.25) is 14.6 Å². The maximum Gasteiger partial charge on any atom is 0.308 e. The van der Waals surface area contributed by atoms with Gasteiger partial charge in [-0.1, -0.05) is 18.2 Å². The molecule has 0 bridgehead atoms. The Balaban J connectivity index is 1.78. The van der Waals surface area contributed by atoms with Crippen LogP contribution < -0.4 is 9.64 Å². The van der Waals surface area contributed by atoms with Gasteiger partial charge in [0.15, 0.2) is 0 Å². The number of pyridine rings is 1. The van der Waals surface area contributed by atoms with Crippen LogP contribution in [0.5, 0.6) is 5.75 Å². The summed E-state index contributed by atoms with van der Waals surface area (Å²) in [5, 5.41) is 9.10. The average molecular weight is 312 g/mol. The smallest absolute Gasteiger partial charge is 0.308 e. The predicted octanol–water partition coefficient (Wildman–Crippen LogP) is 2.10. The number of aromatic nitrogens is 1. The van der Waals surface area contributed by atoms with Crippen molar-refractivity contribution < 1.29 is 19.4 Å². The van der Waals surface area contributed by atoms with Crippen molar-refractivity contribution in [3.8, 4) is 5.75 Å². The van der Waals surface area contributed by atoms with E-state index in [1.807, 2.05) is 24.3 Å². The van der Waals surface area contributed by atoms with Crippen LogP contribution in [0.15, 0.2) is 48.7 Å². The van der Waals surface area contributed by atoms with Gasteiger partial charge in [0, 0.05) is 19.2 Å². The van der Waals surface area contributed by atoms with E-state index in [2.05, 4.69) is 4.98 Å². The van der Waals surface area contributed by atoms with Crippen molar-refractivity contribution in [3.05, 3.63) is 54.4 Å². The Morgan fingerprint density at radius 3 is 2.74 bits per heavy atom. The minimum absolute atomic E-state index is 0.0178. The zero-order valence-electron chi connectivity index (χ0n) is 12.4. The normalized spacial score (nSPS) is 17.3. The number of ether oxygens (including phenoxy) is 1. The minimum Gasteiger partial charge on any atom is -0.485 e. The zero-order chi connectivity index (χ0) is 16.2. The van der Waals surface area contributed by atoms with Gasteiger partial charge in [-0.2, -0.15) is 0 Å². The highest BCUT2D eigenvalue weighted by Gasteiger charge is 2.36. The van der Waals surface area contributed by atoms with Crippen molar-refractivity contribution in [1.29, 1.82) is 0 Å². The van der Waals surface area contributed by atoms with E-state index >= 15 is 0 Å². The lowest BCUT2D eigenvalue weighted by molar-refractivity contribution is -0.141. The quantitative estimate of drug-likeness (QED) is 0.914. The van der Waals surface area contributed by atoms with Gasteiger partial charge in [0.2, 0.25) is 5.91 Å². The van der Waals surface area contributed by atoms with E-state index in [1.54, 1.807) is 24.4 Å². The summed E-state index contributed by atoms with van der Waals surface area (Å²) >= 11 is 0. The average Bonchev–Trinajstić information content (AvgIpc) is 2.96. The van der Waals surface area contributed by atoms with Crippen molar-refractivity contribution in [2.45, 2.75) is 13.0 Å². The number of anilines is 1. The highest BCUT2D eigenvalue weighted by Crippen LogP contribution is 2.33. The standard InChI is InChI=1S/C17H16N2O4/c20-16-9-12(17(21)22)10-19(16)14-6-1-2-7-15(14)23-11-13-5-3-4-8-18-13/h1-8,12H,9-11H2,(H,21,22). The number of carbonyl (C=O) groups excluding carboxylic acids is 1. The molecule has 1 aromatic heterocycles. The first-order valence-corrected chi connectivity index (χ1v) is 7.30. The number of carboxylic acid groups (broad SMARTS) is 1. The molecule has 1 aromatic carbocycles. The highest BCUT2D eigenvalue weighted by molar-refractivity contribution is 6.00. The Morgan fingerprint density at radius 2 is 2.04 bits per heavy atom. The summed E-state index contributed by atoms with van der Waals surface area (Å²) in [5.74, 6) is -1.29. The SMILES string of the molecule is O=C(O)C1CC(=O)N(c2ccccc2OCc2ccccn2)C1. The lowest BCUT2D eigenvalue weighted by atomic mass is 10.1. The van der Waals surface area contributed by atoms with Crippen molar-refractivity contribution in [2.24, 2.45) is 5.92 Å². The van der Waals surface area contributed by atoms with Gasteiger partial charge in [0.1, 0.15) is 12.4 Å². The fourth-order valence-corrected chi connectivity index (χ4v) is 2.54. The van der Waals surface area contributed by atoms with Crippen LogP contribution in [0.25, 0.3) is 0 Å². The van der Waals surface area contributed by atoms with E-state index in [0.29, 0.717) is 11.4 Å². The van der Waals surface area contributed by atoms with Gasteiger partial charge >= 0.3 is 5.97 Å². The number of nitrogens with zero attached hydrogens (tertiary/aromatic N) is 2. The molecule has 0 radical (unpaired) electrons. The van der Waals surface area contributed by atoms with E-state index in [0.717, 1.165) is 5.69 Å². The van der Waals surface area contributed by atoms with Crippen LogP contribution in [0.2, 0.25) is 0 Å². The number of hydrogen-bond acceptors (Lipinski definition) is 4. The third kappa shape index (κ3) is 3.31. The molecule has 6 heteroatoms. The molecule has 1 saturated heterocycles. The lowest BCUT2D eigenvalue weighted by Crippen LogP contribution is -2.26. The Kier molecular flexibility index (Phi) is 4.23. The lowest BCUT2D eigenvalue weighted by Gasteiger charge is -2.20. The second kappa shape index (κ2) is 6.48. The first-order chi connectivity index (χ1) is 11.1. The van der Waals surface area contributed by atoms with Crippen LogP contribution in [0.3, 0.4) is 0 Å². The molecule has 0 saturated carbocycles. The Morgan fingerprint density at radius 1 is 1.26 bits per heavy atom. The third-order valence-electron chi connectivity index (χ3n) is 3.73. The number of benzene rings is 1. The van der Waals surface area contributed by atoms with Crippen molar-refractivity contribution >= 4 is 17.6 Å². The second-order valence-corrected chi connectivity index (χ2v) is 5.32. The Labute approximate surface area is 133 Å². The van der Waals surface area contributed by atoms with Crippen molar-refractivity contribution in [1.82, 2.24) is 4.98 Å². The molecule has 1 amide bonds. The molecule has 2 aromatic rings. The van der Waals surface area contributed by atoms with Gasteiger partial charge in [-0.25, -0.2) is 0 Å². The molecule has 2 heterocycles. The summed E-state index contributed by atoms with van der Waals surface area (Å²) in [7, 11) is 0. The first-order valence-electron chi connectivity index (χ1n) is 7.30. The number of aliphatic carboxylic acids is 1. The summed E-state index contributed by atoms with van der Waals surface area (Å²) in [6.07, 6.45) is 1.70. The van der Waals surface area contributed by atoms with Gasteiger partial charge in [-0.15, -0.1) is 0 Å². The third-order valence-corrected chi connectivity index (χ3v) is 3.73. The van der Waals surface area contributed by atoms with E-state index < -0.39 is 11.9 Å². The molecule has 6 nitrogen and oxygen atoms in total. The topological polar surface area (TPSA) is 79.7 Å². The Bertz CT molecular complexity index is 718. The van der Waals surface area contributed by atoms with E-state index in [9.17, 15) is 9.59 Å². The van der Waals surface area contributed by atoms with Crippen LogP contribution in [-0.2, 0) is 16.2 Å². The minimum atomic E-state index is -0.951. The number of rotatable bonds is 5. The maximum absolute atomic E-state index is 12.1. The molecule has 1 aliphatic heterocycles. The van der Waals surface area contributed by atoms with E-state index in [4.69, 9.17) is 9.84 Å². The van der Waals surface area contributed by atoms with Gasteiger partial charge in [0.25, 0.3) is 0 Å². The van der Waals surface area contributed by atoms with Crippen LogP contribution >= 0.6 is 0 Å². The zero-order valence-corrected chi connectivity index (χ0v) is 12.4. The monoisotopic (exact) mass is 312 g/mol. The van der Waals surface area contributed by atoms with Crippen LogP contribution in [-0.4, -0.2) is 28.5 Å². The van der Waals surface area contributed by atoms with E-state index in [-0.39, 0.29) is 25.5 Å². The molecule has 0 spiro atoms.